The smallest absolute Gasteiger partial charge is 0.339 e. The van der Waals surface area contributed by atoms with Crippen LogP contribution >= 0.6 is 11.8 Å². The molecule has 2 heterocycles. The number of aryl methyl sites for hydroxylation is 1. The Kier molecular flexibility index (Phi) is 7.02. The number of alkyl halides is 3. The van der Waals surface area contributed by atoms with Crippen LogP contribution in [0.4, 0.5) is 30.4 Å². The number of halogens is 3. The maximum Gasteiger partial charge on any atom is 0.416 e. The standard InChI is InChI=1S/C25H20F3N5OS/c1-15-5-6-16(24(34)33-21-13-17(25(26,27)28)7-8-22(21)35-2)12-20(15)32-23-18(4-3-10-30-23)19-9-11-29-14-31-19/h3-14H,1-2H3,(H,30,32)(H,33,34). The van der Waals surface area contributed by atoms with Crippen molar-refractivity contribution >= 4 is 34.9 Å². The second-order valence-electron chi connectivity index (χ2n) is 7.52. The van der Waals surface area contributed by atoms with Gasteiger partial charge in [0, 0.05) is 34.1 Å². The Labute approximate surface area is 204 Å². The molecule has 0 aliphatic heterocycles. The lowest BCUT2D eigenvalue weighted by atomic mass is 10.1. The molecule has 1 amide bonds. The van der Waals surface area contributed by atoms with Crippen LogP contribution in [0.25, 0.3) is 11.3 Å². The predicted octanol–water partition coefficient (Wildman–Crippen LogP) is 6.58. The number of benzene rings is 2. The summed E-state index contributed by atoms with van der Waals surface area (Å²) < 4.78 is 39.5. The fourth-order valence-electron chi connectivity index (χ4n) is 3.36. The average Bonchev–Trinajstić information content (AvgIpc) is 2.85. The molecule has 0 bridgehead atoms. The Morgan fingerprint density at radius 1 is 0.971 bits per heavy atom. The van der Waals surface area contributed by atoms with Crippen LogP contribution in [0.5, 0.6) is 0 Å². The molecular formula is C25H20F3N5OS. The van der Waals surface area contributed by atoms with Crippen molar-refractivity contribution in [3.05, 3.63) is 90.0 Å². The van der Waals surface area contributed by atoms with Gasteiger partial charge >= 0.3 is 6.18 Å². The molecular weight excluding hydrogens is 475 g/mol. The van der Waals surface area contributed by atoms with Crippen LogP contribution < -0.4 is 10.6 Å². The molecule has 178 valence electrons. The van der Waals surface area contributed by atoms with Crippen molar-refractivity contribution in [1.82, 2.24) is 15.0 Å². The second-order valence-corrected chi connectivity index (χ2v) is 8.36. The first-order valence-corrected chi connectivity index (χ1v) is 11.6. The first kappa shape index (κ1) is 24.2. The first-order valence-electron chi connectivity index (χ1n) is 10.4. The Morgan fingerprint density at radius 2 is 1.80 bits per heavy atom. The van der Waals surface area contributed by atoms with E-state index in [9.17, 15) is 18.0 Å². The van der Waals surface area contributed by atoms with E-state index in [2.05, 4.69) is 25.6 Å². The van der Waals surface area contributed by atoms with Crippen molar-refractivity contribution < 1.29 is 18.0 Å². The maximum atomic E-state index is 13.2. The highest BCUT2D eigenvalue weighted by Crippen LogP contribution is 2.35. The highest BCUT2D eigenvalue weighted by atomic mass is 32.2. The molecule has 6 nitrogen and oxygen atoms in total. The molecule has 2 N–H and O–H groups in total. The minimum Gasteiger partial charge on any atom is -0.339 e. The summed E-state index contributed by atoms with van der Waals surface area (Å²) in [5.41, 5.74) is 2.45. The van der Waals surface area contributed by atoms with E-state index < -0.39 is 17.6 Å². The zero-order chi connectivity index (χ0) is 25.0. The second kappa shape index (κ2) is 10.1. The molecule has 4 rings (SSSR count). The molecule has 0 saturated carbocycles. The molecule has 0 aliphatic rings. The molecule has 0 atom stereocenters. The van der Waals surface area contributed by atoms with Crippen LogP contribution in [0.3, 0.4) is 0 Å². The number of rotatable bonds is 6. The van der Waals surface area contributed by atoms with Gasteiger partial charge in [-0.25, -0.2) is 15.0 Å². The van der Waals surface area contributed by atoms with Crippen molar-refractivity contribution in [2.45, 2.75) is 18.0 Å². The van der Waals surface area contributed by atoms with Crippen LogP contribution in [0.15, 0.2) is 78.2 Å². The molecule has 2 aromatic carbocycles. The fourth-order valence-corrected chi connectivity index (χ4v) is 3.90. The zero-order valence-corrected chi connectivity index (χ0v) is 19.5. The van der Waals surface area contributed by atoms with E-state index >= 15 is 0 Å². The van der Waals surface area contributed by atoms with Crippen molar-refractivity contribution in [3.8, 4) is 11.3 Å². The van der Waals surface area contributed by atoms with E-state index in [0.717, 1.165) is 23.3 Å². The third-order valence-corrected chi connectivity index (χ3v) is 5.99. The monoisotopic (exact) mass is 495 g/mol. The van der Waals surface area contributed by atoms with Crippen molar-refractivity contribution in [1.29, 1.82) is 0 Å². The van der Waals surface area contributed by atoms with Crippen LogP contribution in [0.2, 0.25) is 0 Å². The Bertz CT molecular complexity index is 1360. The van der Waals surface area contributed by atoms with Gasteiger partial charge in [0.2, 0.25) is 0 Å². The minimum absolute atomic E-state index is 0.100. The van der Waals surface area contributed by atoms with Gasteiger partial charge in [0.1, 0.15) is 12.1 Å². The molecule has 0 saturated heterocycles. The van der Waals surface area contributed by atoms with Gasteiger partial charge in [-0.2, -0.15) is 13.2 Å². The summed E-state index contributed by atoms with van der Waals surface area (Å²) in [6, 6.07) is 13.7. The Morgan fingerprint density at radius 3 is 2.51 bits per heavy atom. The number of hydrogen-bond donors (Lipinski definition) is 2. The summed E-state index contributed by atoms with van der Waals surface area (Å²) in [5, 5.41) is 5.86. The van der Waals surface area contributed by atoms with Gasteiger partial charge in [-0.15, -0.1) is 11.8 Å². The zero-order valence-electron chi connectivity index (χ0n) is 18.7. The van der Waals surface area contributed by atoms with Gasteiger partial charge in [0.25, 0.3) is 5.91 Å². The number of amides is 1. The lowest BCUT2D eigenvalue weighted by Gasteiger charge is -2.15. The van der Waals surface area contributed by atoms with Gasteiger partial charge < -0.3 is 10.6 Å². The third-order valence-electron chi connectivity index (χ3n) is 5.19. The molecule has 4 aromatic rings. The lowest BCUT2D eigenvalue weighted by Crippen LogP contribution is -2.14. The number of pyridine rings is 1. The quantitative estimate of drug-likeness (QED) is 0.294. The van der Waals surface area contributed by atoms with E-state index in [4.69, 9.17) is 0 Å². The molecule has 10 heteroatoms. The molecule has 0 unspecified atom stereocenters. The maximum absolute atomic E-state index is 13.2. The van der Waals surface area contributed by atoms with Gasteiger partial charge in [-0.05, 0) is 67.3 Å². The number of carbonyl (C=O) groups is 1. The van der Waals surface area contributed by atoms with E-state index in [-0.39, 0.29) is 11.3 Å². The normalized spacial score (nSPS) is 11.2. The minimum atomic E-state index is -4.51. The van der Waals surface area contributed by atoms with Gasteiger partial charge in [0.15, 0.2) is 0 Å². The Balaban J connectivity index is 1.63. The SMILES string of the molecule is CSc1ccc(C(F)(F)F)cc1NC(=O)c1ccc(C)c(Nc2ncccc2-c2ccncn2)c1. The molecule has 35 heavy (non-hydrogen) atoms. The topological polar surface area (TPSA) is 79.8 Å². The van der Waals surface area contributed by atoms with E-state index in [1.54, 1.807) is 49.0 Å². The van der Waals surface area contributed by atoms with Crippen LogP contribution in [0.1, 0.15) is 21.5 Å². The van der Waals surface area contributed by atoms with Gasteiger partial charge in [-0.1, -0.05) is 6.07 Å². The summed E-state index contributed by atoms with van der Waals surface area (Å²) in [7, 11) is 0. The van der Waals surface area contributed by atoms with E-state index in [0.29, 0.717) is 22.1 Å². The third kappa shape index (κ3) is 5.60. The summed E-state index contributed by atoms with van der Waals surface area (Å²) in [6.07, 6.45) is 1.93. The Hall–Kier alpha value is -3.92. The largest absolute Gasteiger partial charge is 0.416 e. The molecule has 2 aromatic heterocycles. The summed E-state index contributed by atoms with van der Waals surface area (Å²) in [5.74, 6) is 0.00845. The van der Waals surface area contributed by atoms with Crippen molar-refractivity contribution in [3.63, 3.8) is 0 Å². The molecule has 0 spiro atoms. The van der Waals surface area contributed by atoms with Gasteiger partial charge in [0.05, 0.1) is 16.9 Å². The predicted molar refractivity (Wildman–Crippen MR) is 131 cm³/mol. The van der Waals surface area contributed by atoms with Crippen molar-refractivity contribution in [2.24, 2.45) is 0 Å². The highest BCUT2D eigenvalue weighted by molar-refractivity contribution is 7.98. The van der Waals surface area contributed by atoms with Crippen LogP contribution in [-0.4, -0.2) is 27.1 Å². The average molecular weight is 496 g/mol. The number of carbonyl (C=O) groups excluding carboxylic acids is 1. The number of anilines is 3. The molecule has 0 fully saturated rings. The number of nitrogens with one attached hydrogen (secondary N) is 2. The fraction of sp³-hybridized carbons (Fsp3) is 0.120. The number of thioether (sulfide) groups is 1. The van der Waals surface area contributed by atoms with Crippen molar-refractivity contribution in [2.75, 3.05) is 16.9 Å². The van der Waals surface area contributed by atoms with Crippen LogP contribution in [0, 0.1) is 6.92 Å². The number of hydrogen-bond acceptors (Lipinski definition) is 6. The summed E-state index contributed by atoms with van der Waals surface area (Å²) in [4.78, 5) is 26.1. The summed E-state index contributed by atoms with van der Waals surface area (Å²) in [6.45, 7) is 1.87. The summed E-state index contributed by atoms with van der Waals surface area (Å²) >= 11 is 1.25. The molecule has 0 aliphatic carbocycles. The van der Waals surface area contributed by atoms with E-state index in [1.165, 1.54) is 24.2 Å². The number of nitrogens with zero attached hydrogens (tertiary/aromatic N) is 3. The first-order chi connectivity index (χ1) is 16.8. The molecule has 0 radical (unpaired) electrons. The van der Waals surface area contributed by atoms with Crippen LogP contribution in [-0.2, 0) is 6.18 Å². The highest BCUT2D eigenvalue weighted by Gasteiger charge is 2.31. The van der Waals surface area contributed by atoms with E-state index in [1.807, 2.05) is 13.0 Å². The number of aromatic nitrogens is 3. The lowest BCUT2D eigenvalue weighted by molar-refractivity contribution is -0.137. The van der Waals surface area contributed by atoms with Gasteiger partial charge in [-0.3, -0.25) is 4.79 Å².